The summed E-state index contributed by atoms with van der Waals surface area (Å²) in [5.41, 5.74) is 3.21. The van der Waals surface area contributed by atoms with E-state index in [9.17, 15) is 9.90 Å². The molecule has 310 valence electrons. The maximum atomic E-state index is 15.4. The molecular weight excluding hydrogens is 804 g/mol. The van der Waals surface area contributed by atoms with Gasteiger partial charge in [-0.3, -0.25) is 14.3 Å². The quantitative estimate of drug-likeness (QED) is 0.125. The summed E-state index contributed by atoms with van der Waals surface area (Å²) in [5.74, 6) is 0.132. The summed E-state index contributed by atoms with van der Waals surface area (Å²) in [7, 11) is -0.753. The summed E-state index contributed by atoms with van der Waals surface area (Å²) in [6.45, 7) is 7.58. The summed E-state index contributed by atoms with van der Waals surface area (Å²) in [5, 5.41) is 26.9. The number of benzene rings is 5. The van der Waals surface area contributed by atoms with Gasteiger partial charge in [0.25, 0.3) is 11.5 Å². The predicted octanol–water partition coefficient (Wildman–Crippen LogP) is 7.62. The molecule has 1 amide bonds. The molecule has 5 atom stereocenters. The summed E-state index contributed by atoms with van der Waals surface area (Å²) in [6, 6.07) is 38.8. The number of carbonyl (C=O) groups is 1. The van der Waals surface area contributed by atoms with E-state index in [1.165, 1.54) is 9.87 Å². The fourth-order valence-electron chi connectivity index (χ4n) is 9.81. The van der Waals surface area contributed by atoms with Crippen molar-refractivity contribution < 1.29 is 19.4 Å². The number of anilines is 1. The molecule has 11 nitrogen and oxygen atoms in total. The van der Waals surface area contributed by atoms with E-state index in [-0.39, 0.29) is 48.1 Å². The van der Waals surface area contributed by atoms with E-state index in [0.29, 0.717) is 34.8 Å². The number of rotatable bonds is 12. The number of aliphatic hydroxyl groups is 1. The molecule has 13 heteroatoms. The minimum absolute atomic E-state index is 0.00109. The van der Waals surface area contributed by atoms with Crippen LogP contribution in [0.1, 0.15) is 41.6 Å². The fourth-order valence-corrected chi connectivity index (χ4v) is 14.0. The predicted molar refractivity (Wildman–Crippen MR) is 240 cm³/mol. The van der Waals surface area contributed by atoms with Crippen LogP contribution in [-0.4, -0.2) is 63.7 Å². The van der Waals surface area contributed by atoms with Crippen molar-refractivity contribution in [2.24, 2.45) is 5.92 Å². The van der Waals surface area contributed by atoms with Crippen LogP contribution in [0.4, 0.5) is 5.69 Å². The smallest absolute Gasteiger partial charge is 0.279 e. The van der Waals surface area contributed by atoms with E-state index in [2.05, 4.69) is 47.6 Å². The number of nitrogens with zero attached hydrogens (tertiary/aromatic N) is 6. The molecule has 1 spiro atoms. The molecule has 2 aromatic heterocycles. The number of fused-ring (bicyclic) bond motifs is 3. The lowest BCUT2D eigenvalue weighted by Crippen LogP contribution is -2.51. The van der Waals surface area contributed by atoms with Crippen molar-refractivity contribution >= 4 is 47.2 Å². The molecule has 0 saturated carbocycles. The second kappa shape index (κ2) is 16.2. The van der Waals surface area contributed by atoms with Crippen molar-refractivity contribution in [3.63, 3.8) is 0 Å². The lowest BCUT2D eigenvalue weighted by atomic mass is 9.82. The Morgan fingerprint density at radius 2 is 1.67 bits per heavy atom. The third-order valence-corrected chi connectivity index (χ3v) is 17.6. The first-order chi connectivity index (χ1) is 29.5. The number of aryl methyl sites for hydroxylation is 1. The van der Waals surface area contributed by atoms with Gasteiger partial charge in [0.15, 0.2) is 5.60 Å². The summed E-state index contributed by atoms with van der Waals surface area (Å²) in [6.07, 6.45) is 3.85. The number of aliphatic hydroxyl groups excluding tert-OH is 1. The highest BCUT2D eigenvalue weighted by Crippen LogP contribution is 2.60. The first-order valence-corrected chi connectivity index (χ1v) is 24.1. The van der Waals surface area contributed by atoms with Gasteiger partial charge in [-0.05, 0) is 71.6 Å². The molecule has 5 aromatic carbocycles. The van der Waals surface area contributed by atoms with E-state index in [1.807, 2.05) is 119 Å². The number of amides is 1. The van der Waals surface area contributed by atoms with Crippen LogP contribution >= 0.6 is 11.6 Å². The molecule has 1 saturated heterocycles. The number of aromatic nitrogens is 5. The largest absolute Gasteiger partial charge is 0.497 e. The van der Waals surface area contributed by atoms with Gasteiger partial charge in [-0.25, -0.2) is 0 Å². The van der Waals surface area contributed by atoms with Crippen LogP contribution in [-0.2, 0) is 28.2 Å². The zero-order valence-corrected chi connectivity index (χ0v) is 36.2. The van der Waals surface area contributed by atoms with Crippen LogP contribution in [0.25, 0.3) is 16.5 Å². The highest BCUT2D eigenvalue weighted by atomic mass is 35.5. The number of hydrogen-bond donors (Lipinski definition) is 1. The SMILES string of the molecule is COc1ccc([Si](C)(C)[C@H]2[C@H](CCn3cc(C(CO)c4ccccc4)nn3)O[C@@]3(C(=O)N(Cc4ccc(-n5ncc6ccccc6c5=O)cc4)c4ccc(Cl)cc43)[C@@H]2C)cc1. The first kappa shape index (κ1) is 40.5. The van der Waals surface area contributed by atoms with E-state index in [1.54, 1.807) is 19.4 Å². The second-order valence-electron chi connectivity index (χ2n) is 16.7. The number of halogens is 1. The maximum absolute atomic E-state index is 15.4. The van der Waals surface area contributed by atoms with Crippen molar-refractivity contribution in [1.29, 1.82) is 0 Å². The Morgan fingerprint density at radius 1 is 0.934 bits per heavy atom. The monoisotopic (exact) mass is 850 g/mol. The minimum atomic E-state index is -2.42. The topological polar surface area (TPSA) is 125 Å². The van der Waals surface area contributed by atoms with E-state index in [0.717, 1.165) is 33.5 Å². The van der Waals surface area contributed by atoms with Crippen LogP contribution in [0, 0.1) is 5.92 Å². The van der Waals surface area contributed by atoms with E-state index >= 15 is 4.79 Å². The molecule has 1 N–H and O–H groups in total. The Hall–Kier alpha value is -5.92. The average molecular weight is 851 g/mol. The van der Waals surface area contributed by atoms with E-state index in [4.69, 9.17) is 21.1 Å². The molecule has 0 bridgehead atoms. The molecule has 4 heterocycles. The van der Waals surface area contributed by atoms with Crippen LogP contribution in [0.15, 0.2) is 139 Å². The van der Waals surface area contributed by atoms with Crippen LogP contribution < -0.4 is 20.4 Å². The molecule has 0 aliphatic carbocycles. The standard InChI is InChI=1S/C48H47ClN6O5Si/c1-31-45(61(3,4)38-21-19-37(59-2)20-22-38)44(24-25-53-29-42(51-52-53)40(30-56)33-10-6-5-7-11-33)60-48(31)41-26-35(49)16-23-43(41)54(47(48)58)28-32-14-17-36(18-15-32)55-46(57)39-13-9-8-12-34(39)27-50-55/h5-23,26-27,29,31,40,44-45,56H,24-25,28,30H2,1-4H3/t31-,40?,44+,45-,48+/m1/s1. The zero-order valence-electron chi connectivity index (χ0n) is 34.5. The van der Waals surface area contributed by atoms with Gasteiger partial charge in [0, 0.05) is 34.6 Å². The maximum Gasteiger partial charge on any atom is 0.279 e. The minimum Gasteiger partial charge on any atom is -0.497 e. The molecule has 0 radical (unpaired) electrons. The van der Waals surface area contributed by atoms with Gasteiger partial charge < -0.3 is 19.5 Å². The zero-order chi connectivity index (χ0) is 42.5. The van der Waals surface area contributed by atoms with Gasteiger partial charge in [0.1, 0.15) is 5.75 Å². The van der Waals surface area contributed by atoms with Crippen molar-refractivity contribution in [3.05, 3.63) is 171 Å². The van der Waals surface area contributed by atoms with Crippen molar-refractivity contribution in [2.45, 2.75) is 62.7 Å². The normalized spacial score (nSPS) is 20.4. The van der Waals surface area contributed by atoms with Crippen LogP contribution in [0.3, 0.4) is 0 Å². The lowest BCUT2D eigenvalue weighted by Gasteiger charge is -2.37. The van der Waals surface area contributed by atoms with Gasteiger partial charge in [0.2, 0.25) is 0 Å². The van der Waals surface area contributed by atoms with Crippen molar-refractivity contribution in [3.8, 4) is 11.4 Å². The molecule has 61 heavy (non-hydrogen) atoms. The highest BCUT2D eigenvalue weighted by molar-refractivity contribution is 6.91. The Bertz CT molecular complexity index is 2780. The van der Waals surface area contributed by atoms with Gasteiger partial charge in [-0.1, -0.05) is 115 Å². The Morgan fingerprint density at radius 3 is 2.41 bits per heavy atom. The molecule has 2 aliphatic rings. The molecule has 1 unspecified atom stereocenters. The van der Waals surface area contributed by atoms with Crippen molar-refractivity contribution in [1.82, 2.24) is 24.8 Å². The average Bonchev–Trinajstić information content (AvgIpc) is 3.94. The summed E-state index contributed by atoms with van der Waals surface area (Å²) in [4.78, 5) is 30.5. The third-order valence-electron chi connectivity index (χ3n) is 13.0. The van der Waals surface area contributed by atoms with Crippen molar-refractivity contribution in [2.75, 3.05) is 18.6 Å². The molecule has 2 aliphatic heterocycles. The van der Waals surface area contributed by atoms with Crippen LogP contribution in [0.2, 0.25) is 23.7 Å². The Kier molecular flexibility index (Phi) is 10.7. The number of methoxy groups -OCH3 is 1. The van der Waals surface area contributed by atoms with Crippen LogP contribution in [0.5, 0.6) is 5.75 Å². The van der Waals surface area contributed by atoms with Gasteiger partial charge in [-0.15, -0.1) is 5.10 Å². The second-order valence-corrected chi connectivity index (χ2v) is 21.8. The molecular formula is C48H47ClN6O5Si. The van der Waals surface area contributed by atoms with Gasteiger partial charge in [-0.2, -0.15) is 9.78 Å². The number of hydrogen-bond acceptors (Lipinski definition) is 8. The molecule has 1 fully saturated rings. The molecule has 9 rings (SSSR count). The fraction of sp³-hybridized carbons (Fsp3) is 0.271. The Labute approximate surface area is 360 Å². The lowest BCUT2D eigenvalue weighted by molar-refractivity contribution is -0.146. The van der Waals surface area contributed by atoms with E-state index < -0.39 is 13.7 Å². The van der Waals surface area contributed by atoms with Gasteiger partial charge >= 0.3 is 0 Å². The van der Waals surface area contributed by atoms with Gasteiger partial charge in [0.05, 0.1) is 69.0 Å². The number of carbonyl (C=O) groups excluding carboxylic acids is 1. The highest BCUT2D eigenvalue weighted by Gasteiger charge is 2.66. The first-order valence-electron chi connectivity index (χ1n) is 20.6. The summed E-state index contributed by atoms with van der Waals surface area (Å²) < 4.78 is 16.1. The third kappa shape index (κ3) is 7.07. The Balaban J connectivity index is 1.05. The number of ether oxygens (including phenoxy) is 2. The summed E-state index contributed by atoms with van der Waals surface area (Å²) >= 11 is 6.77. The molecule has 7 aromatic rings.